The van der Waals surface area contributed by atoms with E-state index in [0.717, 1.165) is 18.2 Å². The molecule has 0 aromatic heterocycles. The fourth-order valence-electron chi connectivity index (χ4n) is 16.2. The molecule has 10 fully saturated rings. The van der Waals surface area contributed by atoms with Crippen molar-refractivity contribution < 1.29 is 196 Å². The molecule has 5 saturated heterocycles. The first-order valence-electron chi connectivity index (χ1n) is 41.2. The first kappa shape index (κ1) is 97.8. The number of aliphatic hydroxyl groups excluding tert-OH is 3. The summed E-state index contributed by atoms with van der Waals surface area (Å²) in [6.07, 6.45) is -0.301. The van der Waals surface area contributed by atoms with Gasteiger partial charge in [0.05, 0.1) is 20.3 Å². The monoisotopic (exact) mass is 1850 g/mol. The highest BCUT2D eigenvalue weighted by Crippen LogP contribution is 2.47. The molecule has 706 valence electrons. The number of fused-ring (bicyclic) bond motifs is 10. The highest BCUT2D eigenvalue weighted by atomic mass is 16.7. The van der Waals surface area contributed by atoms with Crippen LogP contribution in [-0.2, 0) is 105 Å². The third-order valence-corrected chi connectivity index (χ3v) is 23.1. The van der Waals surface area contributed by atoms with Crippen molar-refractivity contribution in [1.82, 2.24) is 0 Å². The molecule has 6 aromatic carbocycles. The number of hydrogen-bond acceptors (Lipinski definition) is 40. The lowest BCUT2D eigenvalue weighted by Crippen LogP contribution is -2.57. The van der Waals surface area contributed by atoms with E-state index in [9.17, 15) is 134 Å². The smallest absolute Gasteiger partial charge is 0.338 e. The van der Waals surface area contributed by atoms with Gasteiger partial charge in [0.15, 0.2) is 80.8 Å². The lowest BCUT2D eigenvalue weighted by Gasteiger charge is -2.40. The molecule has 5 saturated carbocycles. The number of benzene rings is 6. The molecule has 133 heavy (non-hydrogen) atoms. The van der Waals surface area contributed by atoms with Gasteiger partial charge in [-0.15, -0.1) is 0 Å². The summed E-state index contributed by atoms with van der Waals surface area (Å²) >= 11 is 0. The Hall–Kier alpha value is -14.2. The Morgan fingerprint density at radius 3 is 1.06 bits per heavy atom. The molecule has 5 heterocycles. The van der Waals surface area contributed by atoms with Crippen LogP contribution in [0, 0.1) is 6.92 Å². The normalized spacial score (nSPS) is 30.5. The molecule has 5 aliphatic heterocycles. The van der Waals surface area contributed by atoms with Crippen LogP contribution in [-0.4, -0.2) is 281 Å². The van der Waals surface area contributed by atoms with Crippen molar-refractivity contribution in [2.45, 2.75) is 197 Å². The molecule has 6 aromatic rings. The van der Waals surface area contributed by atoms with Crippen molar-refractivity contribution in [3.8, 4) is 51.7 Å². The summed E-state index contributed by atoms with van der Waals surface area (Å²) < 4.78 is 66.6. The Labute approximate surface area is 754 Å². The minimum Gasteiger partial charge on any atom is -0.508 e. The summed E-state index contributed by atoms with van der Waals surface area (Å²) in [7, 11) is 2.79. The van der Waals surface area contributed by atoms with Gasteiger partial charge in [-0.3, -0.25) is 0 Å². The Balaban J connectivity index is 0.000000152. The first-order valence-corrected chi connectivity index (χ1v) is 41.2. The molecule has 0 amide bonds. The molecule has 40 nitrogen and oxygen atoms in total. The second kappa shape index (κ2) is 40.2. The quantitative estimate of drug-likeness (QED) is 0.0226. The second-order valence-corrected chi connectivity index (χ2v) is 33.2. The molecular formula is C93H94O40. The Morgan fingerprint density at radius 2 is 0.639 bits per heavy atom. The zero-order valence-corrected chi connectivity index (χ0v) is 71.1. The van der Waals surface area contributed by atoms with Crippen LogP contribution in [0.15, 0.2) is 158 Å². The predicted molar refractivity (Wildman–Crippen MR) is 451 cm³/mol. The molecule has 20 atom stereocenters. The van der Waals surface area contributed by atoms with Gasteiger partial charge < -0.3 is 143 Å². The van der Waals surface area contributed by atoms with Crippen LogP contribution in [0.25, 0.3) is 36.5 Å². The summed E-state index contributed by atoms with van der Waals surface area (Å²) in [5.74, 6) is -8.54. The largest absolute Gasteiger partial charge is 0.508 e. The van der Waals surface area contributed by atoms with E-state index in [1.165, 1.54) is 149 Å². The molecule has 16 rings (SSSR count). The van der Waals surface area contributed by atoms with Crippen LogP contribution in [0.1, 0.15) is 110 Å². The summed E-state index contributed by atoms with van der Waals surface area (Å²) in [5.41, 5.74) is -6.02. The number of phenols is 7. The molecule has 16 N–H and O–H groups in total. The lowest BCUT2D eigenvalue weighted by atomic mass is 9.74. The molecule has 5 aliphatic carbocycles. The zero-order valence-electron chi connectivity index (χ0n) is 71.1. The molecule has 0 spiro atoms. The van der Waals surface area contributed by atoms with Crippen molar-refractivity contribution in [2.75, 3.05) is 14.2 Å². The van der Waals surface area contributed by atoms with Gasteiger partial charge in [0.1, 0.15) is 83.9 Å². The van der Waals surface area contributed by atoms with Crippen molar-refractivity contribution >= 4 is 102 Å². The van der Waals surface area contributed by atoms with Crippen LogP contribution in [0.5, 0.6) is 51.7 Å². The number of aromatic hydroxyl groups is 7. The number of esters is 11. The third kappa shape index (κ3) is 23.6. The molecule has 0 radical (unpaired) electrons. The van der Waals surface area contributed by atoms with E-state index < -0.39 is 185 Å². The number of aryl methyl sites for hydroxylation is 1. The highest BCUT2D eigenvalue weighted by molar-refractivity contribution is 5.93. The van der Waals surface area contributed by atoms with Crippen LogP contribution < -0.4 is 9.47 Å². The predicted octanol–water partition coefficient (Wildman–Crippen LogP) is 3.03. The Bertz CT molecular complexity index is 5620. The fraction of sp³-hybridized carbons (Fsp3) is 0.366. The van der Waals surface area contributed by atoms with Crippen molar-refractivity contribution in [3.05, 3.63) is 197 Å². The van der Waals surface area contributed by atoms with Crippen LogP contribution in [0.3, 0.4) is 0 Å². The summed E-state index contributed by atoms with van der Waals surface area (Å²) in [5, 5.41) is 158. The van der Waals surface area contributed by atoms with Gasteiger partial charge in [0, 0.05) is 101 Å². The van der Waals surface area contributed by atoms with Crippen LogP contribution >= 0.6 is 0 Å². The molecule has 10 bridgehead atoms. The van der Waals surface area contributed by atoms with Gasteiger partial charge in [-0.05, 0) is 162 Å². The standard InChI is InChI=1S/C26H24O11.C17H18O8.2C17H18O7.C16H16O7/c1-34-19-11-15(3-7-17(19)28)5-9-23(31)37-24-20(12-26(33)13-21(24)36-25(26)32)35-22(30)8-4-14-2-6-16(27)18(29)10-14;1-23-11-6-9(2-4-10(11)18)3-5-14(19)24-12-7-17(22)8-13(15(12)20)25-16(17)21;1-16(21)9-17(22)8-12(23-15(17)20)14(16)24-13(19)7-4-10-2-5-11(18)6-3-10;1-9-6-10(2-4-11(9)18)3-5-14(20)24-15-12(19)7-17(22)8-13(15)23-16(17)21;17-10-4-1-9(2-5-10)3-6-13(18)22-11-7-16(21)8-12(14(11)19)23-15(16)20/h2-11,20-21,24,27-29,33H,12-13H2,1H3;2-6,12-13,15,18,20,22H,7-8H2,1H3;2-7,12,14,18,21-22H,8-9H2,1H3;2-6,12-13,15,18-19,22H,7-8H2,1H3;1-6,11-12,14,17,19,21H,7-8H2/b8-4+,9-5+;5-3+;7-4+;5-3+;6-3+/t20?,21?,24-,26+;12?,13?,15-,17+;12?,14-,16?,17+;12?,13?,15-,17+;11?,12?,14-,16+/m11011/s1. The number of aliphatic hydroxyl groups is 9. The number of carbonyl (C=O) groups is 11. The first-order chi connectivity index (χ1) is 62.7. The van der Waals surface area contributed by atoms with Gasteiger partial charge >= 0.3 is 65.7 Å². The van der Waals surface area contributed by atoms with Crippen molar-refractivity contribution in [2.24, 2.45) is 0 Å². The summed E-state index contributed by atoms with van der Waals surface area (Å²) in [4.78, 5) is 131. The van der Waals surface area contributed by atoms with Crippen molar-refractivity contribution in [3.63, 3.8) is 0 Å². The minimum atomic E-state index is -1.87. The third-order valence-electron chi connectivity index (χ3n) is 23.1. The maximum atomic E-state index is 12.6. The van der Waals surface area contributed by atoms with Crippen LogP contribution in [0.2, 0.25) is 0 Å². The van der Waals surface area contributed by atoms with E-state index in [1.807, 2.05) is 0 Å². The molecule has 10 unspecified atom stereocenters. The number of rotatable bonds is 20. The lowest BCUT2D eigenvalue weighted by molar-refractivity contribution is -0.185. The molecule has 40 heteroatoms. The van der Waals surface area contributed by atoms with Crippen LogP contribution in [0.4, 0.5) is 0 Å². The van der Waals surface area contributed by atoms with E-state index >= 15 is 0 Å². The van der Waals surface area contributed by atoms with E-state index in [2.05, 4.69) is 0 Å². The highest BCUT2D eigenvalue weighted by Gasteiger charge is 2.65. The fourth-order valence-corrected chi connectivity index (χ4v) is 16.2. The number of carbonyl (C=O) groups excluding carboxylic acids is 11. The number of ether oxygens (including phenoxy) is 13. The topological polar surface area (TPSA) is 631 Å². The Kier molecular flexibility index (Phi) is 29.6. The molecular weight excluding hydrogens is 1760 g/mol. The Morgan fingerprint density at radius 1 is 0.331 bits per heavy atom. The van der Waals surface area contributed by atoms with Gasteiger partial charge in [0.2, 0.25) is 0 Å². The number of hydrogen-bond donors (Lipinski definition) is 16. The average molecular weight is 1850 g/mol. The van der Waals surface area contributed by atoms with E-state index in [-0.39, 0.29) is 116 Å². The minimum absolute atomic E-state index is 0.00170. The number of methoxy groups -OCH3 is 2. The average Bonchev–Trinajstić information content (AvgIpc) is 1.59. The van der Waals surface area contributed by atoms with Gasteiger partial charge in [-0.25, -0.2) is 52.7 Å². The van der Waals surface area contributed by atoms with Gasteiger partial charge in [-0.1, -0.05) is 48.5 Å². The summed E-state index contributed by atoms with van der Waals surface area (Å²) in [6.45, 7) is 3.13. The van der Waals surface area contributed by atoms with Gasteiger partial charge in [0.25, 0.3) is 0 Å². The summed E-state index contributed by atoms with van der Waals surface area (Å²) in [6, 6.07) is 30.2. The van der Waals surface area contributed by atoms with E-state index in [1.54, 1.807) is 55.5 Å². The van der Waals surface area contributed by atoms with Gasteiger partial charge in [-0.2, -0.15) is 0 Å². The zero-order chi connectivity index (χ0) is 96.6. The van der Waals surface area contributed by atoms with E-state index in [4.69, 9.17) is 61.6 Å². The maximum Gasteiger partial charge on any atom is 0.338 e. The second-order valence-electron chi connectivity index (χ2n) is 33.2. The number of phenolic OH excluding ortho intramolecular Hbond substituents is 7. The van der Waals surface area contributed by atoms with E-state index in [0.29, 0.717) is 38.9 Å². The maximum absolute atomic E-state index is 12.6. The molecule has 10 aliphatic rings. The van der Waals surface area contributed by atoms with Crippen molar-refractivity contribution in [1.29, 1.82) is 0 Å². The SMILES string of the molecule is CC1(O)C[C@]2(O)CC(OC2=O)[C@@H]1OC(=O)/C=C/c1ccc(O)cc1.COc1cc(/C=C/C(=O)OC2C[C@]3(O)CC(OC3=O)[C@@H]2O)ccc1O.COc1cc(/C=C/C(=O)O[C@@H]2C(OC(=O)/C=C/c3ccc(O)c(O)c3)C[C@]3(O)CC2OC3=O)ccc1O.Cc1cc(/C=C/C(=O)O[C@@H]2C(O)C[C@]3(O)CC2OC3=O)ccc1O.O=C(/C=C/c1ccc(O)cc1)OC1C[C@]2(O)CC(OC2=O)[C@@H]1O.